The van der Waals surface area contributed by atoms with Crippen molar-refractivity contribution in [2.24, 2.45) is 0 Å². The fourth-order valence-electron chi connectivity index (χ4n) is 1.37. The molecule has 2 atom stereocenters. The maximum Gasteiger partial charge on any atom is 0.0758 e. The maximum absolute atomic E-state index is 5.23. The zero-order valence-electron chi connectivity index (χ0n) is 6.59. The van der Waals surface area contributed by atoms with Gasteiger partial charge in [-0.15, -0.1) is 0 Å². The van der Waals surface area contributed by atoms with Crippen molar-refractivity contribution in [1.82, 2.24) is 5.32 Å². The molecule has 0 amide bonds. The van der Waals surface area contributed by atoms with Crippen molar-refractivity contribution >= 4 is 0 Å². The molecule has 1 aliphatic heterocycles. The van der Waals surface area contributed by atoms with Crippen LogP contribution in [-0.2, 0) is 9.47 Å². The standard InChI is InChI=1S/C7H15NO2/c1-9-5-6-7(10-2)3-4-8-6/h6-8H,3-5H2,1-2H3/t6-,7+/m1/s1. The molecule has 1 aliphatic rings. The minimum atomic E-state index is 0.347. The first-order chi connectivity index (χ1) is 4.88. The Hall–Kier alpha value is -0.120. The Morgan fingerprint density at radius 3 is 2.90 bits per heavy atom. The molecule has 3 nitrogen and oxygen atoms in total. The molecule has 1 saturated heterocycles. The van der Waals surface area contributed by atoms with Gasteiger partial charge in [-0.2, -0.15) is 0 Å². The van der Waals surface area contributed by atoms with Crippen molar-refractivity contribution in [3.8, 4) is 0 Å². The van der Waals surface area contributed by atoms with Crippen molar-refractivity contribution < 1.29 is 9.47 Å². The van der Waals surface area contributed by atoms with Gasteiger partial charge in [0.2, 0.25) is 0 Å². The predicted octanol–water partition coefficient (Wildman–Crippen LogP) is 0.00970. The van der Waals surface area contributed by atoms with Crippen LogP contribution in [0.1, 0.15) is 6.42 Å². The van der Waals surface area contributed by atoms with Crippen LogP contribution in [0.4, 0.5) is 0 Å². The Labute approximate surface area is 61.7 Å². The SMILES string of the molecule is COC[C@H]1NCC[C@@H]1OC. The van der Waals surface area contributed by atoms with Crippen LogP contribution in [-0.4, -0.2) is 39.5 Å². The second-order valence-corrected chi connectivity index (χ2v) is 2.58. The Morgan fingerprint density at radius 2 is 2.30 bits per heavy atom. The molecule has 1 heterocycles. The quantitative estimate of drug-likeness (QED) is 0.607. The molecule has 10 heavy (non-hydrogen) atoms. The summed E-state index contributed by atoms with van der Waals surface area (Å²) in [5.74, 6) is 0. The highest BCUT2D eigenvalue weighted by atomic mass is 16.5. The second-order valence-electron chi connectivity index (χ2n) is 2.58. The molecular weight excluding hydrogens is 130 g/mol. The Bertz CT molecular complexity index is 97.6. The van der Waals surface area contributed by atoms with E-state index >= 15 is 0 Å². The third-order valence-corrected chi connectivity index (χ3v) is 1.93. The molecule has 0 aromatic rings. The smallest absolute Gasteiger partial charge is 0.0758 e. The molecule has 3 heteroatoms. The summed E-state index contributed by atoms with van der Waals surface area (Å²) in [6.07, 6.45) is 1.45. The van der Waals surface area contributed by atoms with Gasteiger partial charge in [0.05, 0.1) is 18.8 Å². The Kier molecular flexibility index (Phi) is 3.12. The Balaban J connectivity index is 2.27. The van der Waals surface area contributed by atoms with Crippen molar-refractivity contribution in [3.63, 3.8) is 0 Å². The number of hydrogen-bond donors (Lipinski definition) is 1. The van der Waals surface area contributed by atoms with Crippen molar-refractivity contribution in [2.45, 2.75) is 18.6 Å². The zero-order valence-corrected chi connectivity index (χ0v) is 6.59. The molecule has 1 N–H and O–H groups in total. The number of methoxy groups -OCH3 is 2. The second kappa shape index (κ2) is 3.91. The van der Waals surface area contributed by atoms with Crippen LogP contribution in [0.25, 0.3) is 0 Å². The number of ether oxygens (including phenoxy) is 2. The van der Waals surface area contributed by atoms with Crippen LogP contribution in [0.2, 0.25) is 0 Å². The van der Waals surface area contributed by atoms with E-state index in [2.05, 4.69) is 5.32 Å². The first-order valence-corrected chi connectivity index (χ1v) is 3.63. The highest BCUT2D eigenvalue weighted by Crippen LogP contribution is 2.09. The monoisotopic (exact) mass is 145 g/mol. The molecule has 1 rings (SSSR count). The summed E-state index contributed by atoms with van der Waals surface area (Å²) >= 11 is 0. The molecule has 1 fully saturated rings. The average Bonchev–Trinajstić information content (AvgIpc) is 2.36. The predicted molar refractivity (Wildman–Crippen MR) is 39.1 cm³/mol. The van der Waals surface area contributed by atoms with Crippen molar-refractivity contribution in [2.75, 3.05) is 27.4 Å². The van der Waals surface area contributed by atoms with Crippen LogP contribution < -0.4 is 5.32 Å². The average molecular weight is 145 g/mol. The van der Waals surface area contributed by atoms with Crippen LogP contribution in [0.3, 0.4) is 0 Å². The van der Waals surface area contributed by atoms with Gasteiger partial charge in [0.25, 0.3) is 0 Å². The van der Waals surface area contributed by atoms with E-state index in [0.717, 1.165) is 19.6 Å². The van der Waals surface area contributed by atoms with Crippen molar-refractivity contribution in [1.29, 1.82) is 0 Å². The highest BCUT2D eigenvalue weighted by molar-refractivity contribution is 4.83. The van der Waals surface area contributed by atoms with Gasteiger partial charge in [-0.3, -0.25) is 0 Å². The lowest BCUT2D eigenvalue weighted by Crippen LogP contribution is -2.35. The van der Waals surface area contributed by atoms with Crippen LogP contribution in [0, 0.1) is 0 Å². The molecule has 0 aromatic carbocycles. The maximum atomic E-state index is 5.23. The third-order valence-electron chi connectivity index (χ3n) is 1.93. The van der Waals surface area contributed by atoms with Gasteiger partial charge in [-0.25, -0.2) is 0 Å². The van der Waals surface area contributed by atoms with E-state index in [4.69, 9.17) is 9.47 Å². The van der Waals surface area contributed by atoms with E-state index in [1.165, 1.54) is 0 Å². The summed E-state index contributed by atoms with van der Waals surface area (Å²) in [5.41, 5.74) is 0. The molecule has 0 aliphatic carbocycles. The van der Waals surface area contributed by atoms with Crippen LogP contribution in [0.15, 0.2) is 0 Å². The fraction of sp³-hybridized carbons (Fsp3) is 1.00. The topological polar surface area (TPSA) is 30.5 Å². The van der Waals surface area contributed by atoms with Gasteiger partial charge in [0, 0.05) is 14.2 Å². The van der Waals surface area contributed by atoms with E-state index in [1.807, 2.05) is 0 Å². The van der Waals surface area contributed by atoms with Gasteiger partial charge >= 0.3 is 0 Å². The molecule has 0 spiro atoms. The zero-order chi connectivity index (χ0) is 7.40. The summed E-state index contributed by atoms with van der Waals surface area (Å²) in [5, 5.41) is 3.31. The van der Waals surface area contributed by atoms with E-state index in [-0.39, 0.29) is 0 Å². The first-order valence-electron chi connectivity index (χ1n) is 3.63. The fourth-order valence-corrected chi connectivity index (χ4v) is 1.37. The van der Waals surface area contributed by atoms with E-state index < -0.39 is 0 Å². The molecule has 0 bridgehead atoms. The molecule has 0 saturated carbocycles. The number of nitrogens with one attached hydrogen (secondary N) is 1. The summed E-state index contributed by atoms with van der Waals surface area (Å²) in [6, 6.07) is 0.398. The van der Waals surface area contributed by atoms with Crippen LogP contribution >= 0.6 is 0 Å². The lowest BCUT2D eigenvalue weighted by molar-refractivity contribution is 0.0579. The lowest BCUT2D eigenvalue weighted by Gasteiger charge is -2.16. The normalized spacial score (nSPS) is 33.0. The number of rotatable bonds is 3. The van der Waals surface area contributed by atoms with Gasteiger partial charge < -0.3 is 14.8 Å². The summed E-state index contributed by atoms with van der Waals surface area (Å²) in [6.45, 7) is 1.80. The lowest BCUT2D eigenvalue weighted by atomic mass is 10.2. The summed E-state index contributed by atoms with van der Waals surface area (Å²) < 4.78 is 10.2. The first kappa shape index (κ1) is 7.98. The molecule has 60 valence electrons. The van der Waals surface area contributed by atoms with Gasteiger partial charge in [-0.05, 0) is 13.0 Å². The summed E-state index contributed by atoms with van der Waals surface area (Å²) in [4.78, 5) is 0. The highest BCUT2D eigenvalue weighted by Gasteiger charge is 2.25. The summed E-state index contributed by atoms with van der Waals surface area (Å²) in [7, 11) is 3.47. The van der Waals surface area contributed by atoms with Crippen LogP contribution in [0.5, 0.6) is 0 Å². The minimum absolute atomic E-state index is 0.347. The Morgan fingerprint density at radius 1 is 1.50 bits per heavy atom. The minimum Gasteiger partial charge on any atom is -0.383 e. The third kappa shape index (κ3) is 1.68. The van der Waals surface area contributed by atoms with E-state index in [0.29, 0.717) is 12.1 Å². The largest absolute Gasteiger partial charge is 0.383 e. The van der Waals surface area contributed by atoms with Gasteiger partial charge in [0.15, 0.2) is 0 Å². The molecule has 0 radical (unpaired) electrons. The molecule has 0 aromatic heterocycles. The molecular formula is C7H15NO2. The molecule has 0 unspecified atom stereocenters. The van der Waals surface area contributed by atoms with E-state index in [1.54, 1.807) is 14.2 Å². The van der Waals surface area contributed by atoms with E-state index in [9.17, 15) is 0 Å². The van der Waals surface area contributed by atoms with Gasteiger partial charge in [0.1, 0.15) is 0 Å². The van der Waals surface area contributed by atoms with Gasteiger partial charge in [-0.1, -0.05) is 0 Å². The van der Waals surface area contributed by atoms with Crippen molar-refractivity contribution in [3.05, 3.63) is 0 Å². The number of hydrogen-bond acceptors (Lipinski definition) is 3.